The highest BCUT2D eigenvalue weighted by molar-refractivity contribution is 6.16. The van der Waals surface area contributed by atoms with Crippen LogP contribution in [-0.4, -0.2) is 55.3 Å². The third kappa shape index (κ3) is 12.9. The van der Waals surface area contributed by atoms with Crippen molar-refractivity contribution in [2.75, 3.05) is 11.1 Å². The van der Waals surface area contributed by atoms with Gasteiger partial charge >= 0.3 is 18.3 Å². The number of anilines is 2. The number of aryl methyl sites for hydroxylation is 2. The zero-order chi connectivity index (χ0) is 46.9. The Hall–Kier alpha value is -7.24. The van der Waals surface area contributed by atoms with E-state index in [-0.39, 0.29) is 41.6 Å². The van der Waals surface area contributed by atoms with E-state index in [0.717, 1.165) is 28.8 Å². The van der Waals surface area contributed by atoms with Crippen LogP contribution < -0.4 is 16.4 Å². The summed E-state index contributed by atoms with van der Waals surface area (Å²) >= 11 is 0. The lowest BCUT2D eigenvalue weighted by Gasteiger charge is -2.13. The number of halogens is 6. The first-order chi connectivity index (χ1) is 30.1. The molecule has 7 rings (SSSR count). The lowest BCUT2D eigenvalue weighted by atomic mass is 10.1. The van der Waals surface area contributed by atoms with Crippen LogP contribution in [0.4, 0.5) is 37.7 Å². The highest BCUT2D eigenvalue weighted by Crippen LogP contribution is 2.30. The third-order valence-electron chi connectivity index (χ3n) is 9.18. The molecule has 0 spiro atoms. The Kier molecular flexibility index (Phi) is 15.2. The highest BCUT2D eigenvalue weighted by Gasteiger charge is 2.35. The minimum Gasteiger partial charge on any atom is -0.404 e. The molecule has 0 bridgehead atoms. The zero-order valence-electron chi connectivity index (χ0n) is 35.7. The largest absolute Gasteiger partial charge is 0.435 e. The summed E-state index contributed by atoms with van der Waals surface area (Å²) in [6.07, 6.45) is -8.90. The Labute approximate surface area is 365 Å². The Bertz CT molecular complexity index is 2610. The quantitative estimate of drug-likeness (QED) is 0.0741. The molecule has 0 saturated carbocycles. The van der Waals surface area contributed by atoms with Crippen molar-refractivity contribution < 1.29 is 45.5 Å². The molecule has 4 aromatic carbocycles. The molecule has 12 nitrogen and oxygen atoms in total. The van der Waals surface area contributed by atoms with Gasteiger partial charge < -0.3 is 21.1 Å². The SMILES string of the molecule is CC(C)N=C1OC(=O)c2ccccc21.Cc1cc(C(F)(F)F)nn1Cc1ccc(N)cc1.Cc1cc(C(F)(F)F)nn1Cc1ccc(NC(=O)c2ccccc2C(=O)NC(C)C)cc1. The Morgan fingerprint density at radius 2 is 1.14 bits per heavy atom. The number of nitrogens with one attached hydrogen (secondary N) is 2. The molecule has 0 radical (unpaired) electrons. The molecule has 0 fully saturated rings. The number of ether oxygens (including phenoxy) is 1. The lowest BCUT2D eigenvalue weighted by molar-refractivity contribution is -0.142. The number of nitrogens with two attached hydrogens (primary N) is 1. The fourth-order valence-corrected chi connectivity index (χ4v) is 6.07. The maximum absolute atomic E-state index is 12.8. The molecule has 18 heteroatoms. The minimum atomic E-state index is -4.49. The van der Waals surface area contributed by atoms with Gasteiger partial charge in [-0.3, -0.25) is 19.0 Å². The number of carbonyl (C=O) groups is 3. The van der Waals surface area contributed by atoms with Crippen LogP contribution in [0.2, 0.25) is 0 Å². The fraction of sp³-hybridized carbons (Fsp3) is 0.261. The number of aliphatic imine (C=N–C) groups is 1. The maximum atomic E-state index is 12.8. The van der Waals surface area contributed by atoms with Gasteiger partial charge in [0.05, 0.1) is 35.3 Å². The van der Waals surface area contributed by atoms with Gasteiger partial charge in [-0.25, -0.2) is 9.79 Å². The number of esters is 1. The van der Waals surface area contributed by atoms with E-state index in [4.69, 9.17) is 10.5 Å². The molecule has 1 aliphatic heterocycles. The number of nitrogen functional groups attached to an aromatic ring is 1. The van der Waals surface area contributed by atoms with E-state index in [1.165, 1.54) is 9.36 Å². The zero-order valence-corrected chi connectivity index (χ0v) is 35.7. The van der Waals surface area contributed by atoms with E-state index < -0.39 is 29.6 Å². The van der Waals surface area contributed by atoms with Crippen LogP contribution in [-0.2, 0) is 30.2 Å². The summed E-state index contributed by atoms with van der Waals surface area (Å²) in [5, 5.41) is 12.7. The summed E-state index contributed by atoms with van der Waals surface area (Å²) in [5.41, 5.74) is 9.20. The summed E-state index contributed by atoms with van der Waals surface area (Å²) in [5.74, 6) is -0.639. The number of hydrogen-bond acceptors (Lipinski definition) is 8. The molecule has 2 aromatic heterocycles. The van der Waals surface area contributed by atoms with Crippen molar-refractivity contribution in [2.24, 2.45) is 4.99 Å². The summed E-state index contributed by atoms with van der Waals surface area (Å²) in [4.78, 5) is 40.7. The van der Waals surface area contributed by atoms with Crippen molar-refractivity contribution >= 4 is 35.1 Å². The smallest absolute Gasteiger partial charge is 0.404 e. The van der Waals surface area contributed by atoms with E-state index in [1.807, 2.05) is 45.9 Å². The molecule has 0 aliphatic carbocycles. The summed E-state index contributed by atoms with van der Waals surface area (Å²) in [7, 11) is 0. The molecule has 0 atom stereocenters. The second-order valence-corrected chi connectivity index (χ2v) is 15.2. The Morgan fingerprint density at radius 1 is 0.688 bits per heavy atom. The van der Waals surface area contributed by atoms with Gasteiger partial charge in [0, 0.05) is 34.8 Å². The molecule has 3 heterocycles. The van der Waals surface area contributed by atoms with Gasteiger partial charge in [0.15, 0.2) is 11.4 Å². The first-order valence-electron chi connectivity index (χ1n) is 19.9. The number of fused-ring (bicyclic) bond motifs is 1. The van der Waals surface area contributed by atoms with Crippen molar-refractivity contribution in [1.29, 1.82) is 0 Å². The van der Waals surface area contributed by atoms with Gasteiger partial charge in [0.1, 0.15) is 0 Å². The number of amides is 2. The highest BCUT2D eigenvalue weighted by atomic mass is 19.4. The van der Waals surface area contributed by atoms with Crippen LogP contribution in [0.25, 0.3) is 0 Å². The van der Waals surface area contributed by atoms with Crippen molar-refractivity contribution in [3.05, 3.63) is 165 Å². The molecule has 2 amide bonds. The predicted octanol–water partition coefficient (Wildman–Crippen LogP) is 9.50. The number of nitrogens with zero attached hydrogens (tertiary/aromatic N) is 5. The monoisotopic (exact) mass is 888 g/mol. The van der Waals surface area contributed by atoms with Crippen LogP contribution >= 0.6 is 0 Å². The van der Waals surface area contributed by atoms with E-state index in [9.17, 15) is 40.7 Å². The number of hydrogen-bond donors (Lipinski definition) is 3. The number of alkyl halides is 6. The van der Waals surface area contributed by atoms with E-state index >= 15 is 0 Å². The summed E-state index contributed by atoms with van der Waals surface area (Å²) in [6, 6.07) is 29.5. The number of cyclic esters (lactones) is 1. The van der Waals surface area contributed by atoms with Gasteiger partial charge in [-0.1, -0.05) is 48.5 Å². The minimum absolute atomic E-state index is 0.0724. The van der Waals surface area contributed by atoms with Gasteiger partial charge in [0.25, 0.3) is 11.8 Å². The number of carbonyl (C=O) groups excluding carboxylic acids is 3. The van der Waals surface area contributed by atoms with Gasteiger partial charge in [0.2, 0.25) is 5.90 Å². The van der Waals surface area contributed by atoms with Crippen molar-refractivity contribution in [3.8, 4) is 0 Å². The van der Waals surface area contributed by atoms with Crippen LogP contribution in [0.15, 0.2) is 114 Å². The van der Waals surface area contributed by atoms with E-state index in [2.05, 4.69) is 25.8 Å². The van der Waals surface area contributed by atoms with Crippen molar-refractivity contribution in [3.63, 3.8) is 0 Å². The summed E-state index contributed by atoms with van der Waals surface area (Å²) in [6.45, 7) is 11.2. The van der Waals surface area contributed by atoms with Crippen LogP contribution in [0.3, 0.4) is 0 Å². The first kappa shape index (κ1) is 47.8. The average molecular weight is 889 g/mol. The topological polar surface area (TPSA) is 159 Å². The number of benzene rings is 4. The molecule has 0 unspecified atom stereocenters. The Morgan fingerprint density at radius 3 is 1.59 bits per heavy atom. The molecule has 336 valence electrons. The predicted molar refractivity (Wildman–Crippen MR) is 230 cm³/mol. The third-order valence-corrected chi connectivity index (χ3v) is 9.18. The number of rotatable bonds is 9. The molecule has 6 aromatic rings. The van der Waals surface area contributed by atoms with Crippen molar-refractivity contribution in [1.82, 2.24) is 24.9 Å². The standard InChI is InChI=1S/C23H23F3N4O2.C12H12F3N3.C11H11NO2/c1-14(2)27-21(31)18-6-4-5-7-19(18)22(32)28-17-10-8-16(9-11-17)13-30-15(3)12-20(29-30)23(24,25)26;1-8-6-11(12(13,14)15)17-18(8)7-9-2-4-10(16)5-3-9;1-7(2)12-10-8-5-3-4-6-9(8)11(13)14-10/h4-12,14H,13H2,1-3H3,(H,27,31)(H,28,32);2-6H,7,16H2,1H3;3-7H,1-2H3. The molecule has 64 heavy (non-hydrogen) atoms. The second-order valence-electron chi connectivity index (χ2n) is 15.2. The Balaban J connectivity index is 0.000000201. The number of aromatic nitrogens is 4. The second kappa shape index (κ2) is 20.3. The normalized spacial score (nSPS) is 12.8. The van der Waals surface area contributed by atoms with Crippen LogP contribution in [0.1, 0.15) is 98.2 Å². The van der Waals surface area contributed by atoms with Gasteiger partial charge in [-0.15, -0.1) is 0 Å². The molecule has 1 aliphatic rings. The average Bonchev–Trinajstić information content (AvgIpc) is 3.90. The first-order valence-corrected chi connectivity index (χ1v) is 19.9. The summed E-state index contributed by atoms with van der Waals surface area (Å²) < 4.78 is 83.6. The van der Waals surface area contributed by atoms with E-state index in [1.54, 1.807) is 92.7 Å². The van der Waals surface area contributed by atoms with Crippen LogP contribution in [0, 0.1) is 13.8 Å². The molecular formula is C46H46F6N8O4. The molecule has 4 N–H and O–H groups in total. The molecule has 0 saturated heterocycles. The van der Waals surface area contributed by atoms with E-state index in [0.29, 0.717) is 40.8 Å². The lowest BCUT2D eigenvalue weighted by Crippen LogP contribution is -2.31. The molecular weight excluding hydrogens is 843 g/mol. The van der Waals surface area contributed by atoms with Gasteiger partial charge in [-0.05, 0) is 113 Å². The van der Waals surface area contributed by atoms with Crippen LogP contribution in [0.5, 0.6) is 0 Å². The van der Waals surface area contributed by atoms with Crippen molar-refractivity contribution in [2.45, 2.75) is 79.1 Å². The maximum Gasteiger partial charge on any atom is 0.435 e. The fourth-order valence-electron chi connectivity index (χ4n) is 6.07. The van der Waals surface area contributed by atoms with Gasteiger partial charge in [-0.2, -0.15) is 36.5 Å².